The Morgan fingerprint density at radius 1 is 1.14 bits per heavy atom. The second kappa shape index (κ2) is 7.53. The Bertz CT molecular complexity index is 621. The molecule has 22 heavy (non-hydrogen) atoms. The summed E-state index contributed by atoms with van der Waals surface area (Å²) in [7, 11) is -3.40. The summed E-state index contributed by atoms with van der Waals surface area (Å²) in [5.74, 6) is -0.333. The van der Waals surface area contributed by atoms with Crippen LogP contribution in [0.5, 0.6) is 0 Å². The number of nitrogens with zero attached hydrogens (tertiary/aromatic N) is 2. The standard InChI is InChI=1S/C15H21N3O3S/c16-15(19)6-8-17-9-11-18(12-10-17)22(20,21)13-7-14-4-2-1-3-5-14/h1-5,7,13H,6,8-12H2,(H2,16,19)/b13-7+. The first-order valence-electron chi connectivity index (χ1n) is 7.21. The maximum Gasteiger partial charge on any atom is 0.236 e. The van der Waals surface area contributed by atoms with Gasteiger partial charge in [0.15, 0.2) is 0 Å². The van der Waals surface area contributed by atoms with Gasteiger partial charge in [-0.15, -0.1) is 0 Å². The largest absolute Gasteiger partial charge is 0.370 e. The number of amides is 1. The van der Waals surface area contributed by atoms with Gasteiger partial charge in [-0.1, -0.05) is 30.3 Å². The minimum Gasteiger partial charge on any atom is -0.370 e. The molecule has 1 aromatic carbocycles. The fraction of sp³-hybridized carbons (Fsp3) is 0.400. The van der Waals surface area contributed by atoms with Crippen LogP contribution in [-0.2, 0) is 14.8 Å². The van der Waals surface area contributed by atoms with E-state index in [1.54, 1.807) is 6.08 Å². The SMILES string of the molecule is NC(=O)CCN1CCN(S(=O)(=O)/C=C/c2ccccc2)CC1. The van der Waals surface area contributed by atoms with Gasteiger partial charge in [-0.2, -0.15) is 4.31 Å². The number of carbonyl (C=O) groups excluding carboxylic acids is 1. The molecule has 1 heterocycles. The highest BCUT2D eigenvalue weighted by molar-refractivity contribution is 7.92. The highest BCUT2D eigenvalue weighted by Crippen LogP contribution is 2.11. The second-order valence-corrected chi connectivity index (χ2v) is 7.03. The Morgan fingerprint density at radius 2 is 1.77 bits per heavy atom. The van der Waals surface area contributed by atoms with E-state index in [-0.39, 0.29) is 5.91 Å². The van der Waals surface area contributed by atoms with Gasteiger partial charge in [0, 0.05) is 44.6 Å². The van der Waals surface area contributed by atoms with Crippen LogP contribution in [0.2, 0.25) is 0 Å². The number of carbonyl (C=O) groups is 1. The van der Waals surface area contributed by atoms with E-state index in [1.165, 1.54) is 9.71 Å². The minimum atomic E-state index is -3.40. The number of benzene rings is 1. The minimum absolute atomic E-state index is 0.306. The molecule has 0 atom stereocenters. The molecule has 0 radical (unpaired) electrons. The zero-order chi connectivity index (χ0) is 16.0. The van der Waals surface area contributed by atoms with Crippen molar-refractivity contribution in [2.75, 3.05) is 32.7 Å². The predicted molar refractivity (Wildman–Crippen MR) is 86.2 cm³/mol. The lowest BCUT2D eigenvalue weighted by Crippen LogP contribution is -2.48. The Morgan fingerprint density at radius 3 is 2.36 bits per heavy atom. The van der Waals surface area contributed by atoms with Crippen molar-refractivity contribution < 1.29 is 13.2 Å². The maximum atomic E-state index is 12.3. The van der Waals surface area contributed by atoms with Gasteiger partial charge in [0.05, 0.1) is 0 Å². The molecule has 0 saturated carbocycles. The molecule has 6 nitrogen and oxygen atoms in total. The van der Waals surface area contributed by atoms with Crippen LogP contribution in [0.25, 0.3) is 6.08 Å². The van der Waals surface area contributed by atoms with Crippen molar-refractivity contribution in [3.63, 3.8) is 0 Å². The smallest absolute Gasteiger partial charge is 0.236 e. The van der Waals surface area contributed by atoms with Gasteiger partial charge < -0.3 is 10.6 Å². The average molecular weight is 323 g/mol. The molecule has 0 unspecified atom stereocenters. The lowest BCUT2D eigenvalue weighted by Gasteiger charge is -2.33. The number of piperazine rings is 1. The molecule has 1 aromatic rings. The summed E-state index contributed by atoms with van der Waals surface area (Å²) in [5, 5.41) is 1.25. The lowest BCUT2D eigenvalue weighted by atomic mass is 10.2. The number of hydrogen-bond donors (Lipinski definition) is 1. The number of sulfonamides is 1. The van der Waals surface area contributed by atoms with Crippen LogP contribution in [0, 0.1) is 0 Å². The summed E-state index contributed by atoms with van der Waals surface area (Å²) < 4.78 is 26.0. The van der Waals surface area contributed by atoms with Gasteiger partial charge in [0.1, 0.15) is 0 Å². The Labute approximate surface area is 131 Å². The summed E-state index contributed by atoms with van der Waals surface area (Å²) in [6, 6.07) is 9.33. The molecule has 1 saturated heterocycles. The molecule has 120 valence electrons. The third kappa shape index (κ3) is 4.94. The van der Waals surface area contributed by atoms with Crippen LogP contribution in [0.15, 0.2) is 35.7 Å². The van der Waals surface area contributed by atoms with Gasteiger partial charge in [-0.05, 0) is 11.6 Å². The zero-order valence-corrected chi connectivity index (χ0v) is 13.2. The summed E-state index contributed by atoms with van der Waals surface area (Å²) in [5.41, 5.74) is 5.97. The van der Waals surface area contributed by atoms with Crippen molar-refractivity contribution >= 4 is 22.0 Å². The van der Waals surface area contributed by atoms with Crippen LogP contribution in [-0.4, -0.2) is 56.3 Å². The highest BCUT2D eigenvalue weighted by atomic mass is 32.2. The Balaban J connectivity index is 1.89. The molecule has 1 aliphatic heterocycles. The summed E-state index contributed by atoms with van der Waals surface area (Å²) in [6.07, 6.45) is 1.91. The first kappa shape index (κ1) is 16.7. The predicted octanol–water partition coefficient (Wildman–Crippen LogP) is 0.480. The molecule has 1 fully saturated rings. The van der Waals surface area contributed by atoms with Crippen LogP contribution < -0.4 is 5.73 Å². The molecule has 0 spiro atoms. The fourth-order valence-electron chi connectivity index (χ4n) is 2.29. The monoisotopic (exact) mass is 323 g/mol. The van der Waals surface area contributed by atoms with Crippen molar-refractivity contribution in [1.29, 1.82) is 0 Å². The van der Waals surface area contributed by atoms with Crippen molar-refractivity contribution in [3.8, 4) is 0 Å². The Hall–Kier alpha value is -1.70. The van der Waals surface area contributed by atoms with E-state index in [0.29, 0.717) is 39.1 Å². The molecule has 1 aliphatic rings. The van der Waals surface area contributed by atoms with Crippen molar-refractivity contribution in [2.24, 2.45) is 5.73 Å². The molecular weight excluding hydrogens is 302 g/mol. The number of primary amides is 1. The van der Waals surface area contributed by atoms with Crippen molar-refractivity contribution in [3.05, 3.63) is 41.3 Å². The van der Waals surface area contributed by atoms with Crippen molar-refractivity contribution in [2.45, 2.75) is 6.42 Å². The number of hydrogen-bond acceptors (Lipinski definition) is 4. The van der Waals surface area contributed by atoms with Gasteiger partial charge in [0.25, 0.3) is 0 Å². The van der Waals surface area contributed by atoms with E-state index in [2.05, 4.69) is 4.90 Å². The molecule has 1 amide bonds. The van der Waals surface area contributed by atoms with Gasteiger partial charge in [0.2, 0.25) is 15.9 Å². The molecule has 2 N–H and O–H groups in total. The van der Waals surface area contributed by atoms with Crippen LogP contribution in [0.1, 0.15) is 12.0 Å². The Kier molecular flexibility index (Phi) is 5.70. The maximum absolute atomic E-state index is 12.3. The molecule has 0 bridgehead atoms. The van der Waals surface area contributed by atoms with E-state index in [0.717, 1.165) is 5.56 Å². The molecule has 0 aromatic heterocycles. The van der Waals surface area contributed by atoms with Crippen LogP contribution in [0.3, 0.4) is 0 Å². The van der Waals surface area contributed by atoms with E-state index in [9.17, 15) is 13.2 Å². The number of rotatable bonds is 6. The van der Waals surface area contributed by atoms with Crippen LogP contribution in [0.4, 0.5) is 0 Å². The van der Waals surface area contributed by atoms with E-state index >= 15 is 0 Å². The number of nitrogens with two attached hydrogens (primary N) is 1. The molecular formula is C15H21N3O3S. The third-order valence-corrected chi connectivity index (χ3v) is 5.16. The highest BCUT2D eigenvalue weighted by Gasteiger charge is 2.24. The normalized spacial score (nSPS) is 17.8. The van der Waals surface area contributed by atoms with Gasteiger partial charge in [-0.25, -0.2) is 8.42 Å². The zero-order valence-electron chi connectivity index (χ0n) is 12.4. The lowest BCUT2D eigenvalue weighted by molar-refractivity contribution is -0.118. The fourth-order valence-corrected chi connectivity index (χ4v) is 3.46. The summed E-state index contributed by atoms with van der Waals surface area (Å²) >= 11 is 0. The van der Waals surface area contributed by atoms with Gasteiger partial charge >= 0.3 is 0 Å². The van der Waals surface area contributed by atoms with Gasteiger partial charge in [-0.3, -0.25) is 4.79 Å². The average Bonchev–Trinajstić information content (AvgIpc) is 2.52. The van der Waals surface area contributed by atoms with E-state index in [4.69, 9.17) is 5.73 Å². The summed E-state index contributed by atoms with van der Waals surface area (Å²) in [4.78, 5) is 12.8. The molecule has 2 rings (SSSR count). The van der Waals surface area contributed by atoms with E-state index < -0.39 is 10.0 Å². The summed E-state index contributed by atoms with van der Waals surface area (Å²) in [6.45, 7) is 2.68. The first-order chi connectivity index (χ1) is 10.5. The topological polar surface area (TPSA) is 83.7 Å². The van der Waals surface area contributed by atoms with E-state index in [1.807, 2.05) is 30.3 Å². The second-order valence-electron chi connectivity index (χ2n) is 5.22. The molecule has 0 aliphatic carbocycles. The van der Waals surface area contributed by atoms with Crippen molar-refractivity contribution in [1.82, 2.24) is 9.21 Å². The molecule has 7 heteroatoms. The first-order valence-corrected chi connectivity index (χ1v) is 8.72. The quantitative estimate of drug-likeness (QED) is 0.825. The van der Waals surface area contributed by atoms with Crippen LogP contribution >= 0.6 is 0 Å². The third-order valence-electron chi connectivity index (χ3n) is 3.60.